The molecule has 1 amide bonds. The highest BCUT2D eigenvalue weighted by molar-refractivity contribution is 5.95. The Morgan fingerprint density at radius 1 is 1.30 bits per heavy atom. The Hall–Kier alpha value is -3.16. The molecule has 0 aliphatic carbocycles. The molecule has 8 heteroatoms. The van der Waals surface area contributed by atoms with Crippen molar-refractivity contribution in [3.05, 3.63) is 57.8 Å². The van der Waals surface area contributed by atoms with E-state index in [4.69, 9.17) is 4.74 Å². The van der Waals surface area contributed by atoms with E-state index in [0.717, 1.165) is 31.5 Å². The normalized spacial score (nSPS) is 13.4. The fraction of sp³-hybridized carbons (Fsp3) is 0.368. The SMILES string of the molecule is CCOc1cc(CNC(=O)c2ccc(N3CCCC3)c([N+](=O)[O-])c2)ccn1. The van der Waals surface area contributed by atoms with Crippen molar-refractivity contribution in [3.63, 3.8) is 0 Å². The van der Waals surface area contributed by atoms with Crippen molar-refractivity contribution in [1.82, 2.24) is 10.3 Å². The molecule has 0 bridgehead atoms. The lowest BCUT2D eigenvalue weighted by Crippen LogP contribution is -2.24. The summed E-state index contributed by atoms with van der Waals surface area (Å²) in [6, 6.07) is 8.18. The average Bonchev–Trinajstić information content (AvgIpc) is 3.21. The predicted octanol–water partition coefficient (Wildman–Crippen LogP) is 2.92. The van der Waals surface area contributed by atoms with Crippen LogP contribution in [-0.2, 0) is 6.54 Å². The maximum atomic E-state index is 12.4. The molecule has 1 aliphatic heterocycles. The van der Waals surface area contributed by atoms with Gasteiger partial charge in [0.15, 0.2) is 0 Å². The second kappa shape index (κ2) is 8.48. The molecule has 1 aromatic carbocycles. The zero-order valence-electron chi connectivity index (χ0n) is 15.2. The van der Waals surface area contributed by atoms with Gasteiger partial charge < -0.3 is 15.0 Å². The van der Waals surface area contributed by atoms with E-state index in [1.54, 1.807) is 30.5 Å². The van der Waals surface area contributed by atoms with E-state index in [1.807, 2.05) is 11.8 Å². The molecule has 142 valence electrons. The average molecular weight is 370 g/mol. The topological polar surface area (TPSA) is 97.6 Å². The van der Waals surface area contributed by atoms with Crippen LogP contribution in [0.4, 0.5) is 11.4 Å². The van der Waals surface area contributed by atoms with Gasteiger partial charge in [0.2, 0.25) is 5.88 Å². The number of hydrogen-bond acceptors (Lipinski definition) is 6. The quantitative estimate of drug-likeness (QED) is 0.594. The molecule has 2 aromatic rings. The number of benzene rings is 1. The van der Waals surface area contributed by atoms with Crippen LogP contribution in [0.5, 0.6) is 5.88 Å². The highest BCUT2D eigenvalue weighted by atomic mass is 16.6. The monoisotopic (exact) mass is 370 g/mol. The van der Waals surface area contributed by atoms with Crippen LogP contribution in [0.3, 0.4) is 0 Å². The van der Waals surface area contributed by atoms with Gasteiger partial charge in [-0.25, -0.2) is 4.98 Å². The first-order chi connectivity index (χ1) is 13.1. The van der Waals surface area contributed by atoms with E-state index in [-0.39, 0.29) is 23.7 Å². The highest BCUT2D eigenvalue weighted by Gasteiger charge is 2.23. The Morgan fingerprint density at radius 2 is 2.07 bits per heavy atom. The zero-order chi connectivity index (χ0) is 19.2. The molecule has 27 heavy (non-hydrogen) atoms. The summed E-state index contributed by atoms with van der Waals surface area (Å²) in [5.74, 6) is 0.135. The molecule has 0 radical (unpaired) electrons. The smallest absolute Gasteiger partial charge is 0.293 e. The largest absolute Gasteiger partial charge is 0.478 e. The number of carbonyl (C=O) groups is 1. The lowest BCUT2D eigenvalue weighted by Gasteiger charge is -2.17. The number of pyridine rings is 1. The fourth-order valence-corrected chi connectivity index (χ4v) is 3.11. The Balaban J connectivity index is 1.72. The van der Waals surface area contributed by atoms with Gasteiger partial charge in [0.25, 0.3) is 11.6 Å². The van der Waals surface area contributed by atoms with Crippen LogP contribution in [0.1, 0.15) is 35.7 Å². The molecule has 1 saturated heterocycles. The molecule has 0 spiro atoms. The van der Waals surface area contributed by atoms with Crippen molar-refractivity contribution in [2.24, 2.45) is 0 Å². The Labute approximate surface area is 157 Å². The van der Waals surface area contributed by atoms with Gasteiger partial charge in [0, 0.05) is 43.5 Å². The molecule has 3 rings (SSSR count). The minimum atomic E-state index is -0.429. The molecule has 8 nitrogen and oxygen atoms in total. The lowest BCUT2D eigenvalue weighted by atomic mass is 10.1. The van der Waals surface area contributed by atoms with Crippen LogP contribution in [-0.4, -0.2) is 35.5 Å². The summed E-state index contributed by atoms with van der Waals surface area (Å²) in [7, 11) is 0. The van der Waals surface area contributed by atoms with Crippen LogP contribution in [0, 0.1) is 10.1 Å². The van der Waals surface area contributed by atoms with Crippen molar-refractivity contribution < 1.29 is 14.5 Å². The third-order valence-corrected chi connectivity index (χ3v) is 4.43. The number of nitrogens with zero attached hydrogens (tertiary/aromatic N) is 3. The number of nitro benzene ring substituents is 1. The molecule has 1 aromatic heterocycles. The van der Waals surface area contributed by atoms with Gasteiger partial charge in [0.1, 0.15) is 5.69 Å². The Bertz CT molecular complexity index is 834. The van der Waals surface area contributed by atoms with E-state index in [1.165, 1.54) is 6.07 Å². The van der Waals surface area contributed by atoms with Crippen molar-refractivity contribution in [2.75, 3.05) is 24.6 Å². The van der Waals surface area contributed by atoms with Gasteiger partial charge in [-0.3, -0.25) is 14.9 Å². The number of carbonyl (C=O) groups excluding carboxylic acids is 1. The van der Waals surface area contributed by atoms with E-state index >= 15 is 0 Å². The van der Waals surface area contributed by atoms with E-state index in [9.17, 15) is 14.9 Å². The second-order valence-electron chi connectivity index (χ2n) is 6.27. The summed E-state index contributed by atoms with van der Waals surface area (Å²) in [5, 5.41) is 14.2. The van der Waals surface area contributed by atoms with Gasteiger partial charge in [-0.15, -0.1) is 0 Å². The van der Waals surface area contributed by atoms with Gasteiger partial charge in [-0.05, 0) is 43.5 Å². The van der Waals surface area contributed by atoms with Crippen LogP contribution in [0.2, 0.25) is 0 Å². The molecule has 0 unspecified atom stereocenters. The molecule has 0 atom stereocenters. The van der Waals surface area contributed by atoms with Gasteiger partial charge in [0.05, 0.1) is 11.5 Å². The Kier molecular flexibility index (Phi) is 5.85. The minimum Gasteiger partial charge on any atom is -0.478 e. The van der Waals surface area contributed by atoms with Crippen LogP contribution >= 0.6 is 0 Å². The van der Waals surface area contributed by atoms with E-state index in [0.29, 0.717) is 18.2 Å². The van der Waals surface area contributed by atoms with Gasteiger partial charge in [-0.1, -0.05) is 0 Å². The summed E-state index contributed by atoms with van der Waals surface area (Å²) in [6.45, 7) is 4.26. The van der Waals surface area contributed by atoms with E-state index < -0.39 is 4.92 Å². The molecule has 1 fully saturated rings. The Morgan fingerprint density at radius 3 is 2.78 bits per heavy atom. The molecule has 1 aliphatic rings. The van der Waals surface area contributed by atoms with Crippen molar-refractivity contribution in [2.45, 2.75) is 26.3 Å². The fourth-order valence-electron chi connectivity index (χ4n) is 3.11. The number of nitro groups is 1. The zero-order valence-corrected chi connectivity index (χ0v) is 15.2. The lowest BCUT2D eigenvalue weighted by molar-refractivity contribution is -0.384. The van der Waals surface area contributed by atoms with Crippen LogP contribution < -0.4 is 15.0 Å². The summed E-state index contributed by atoms with van der Waals surface area (Å²) in [6.07, 6.45) is 3.66. The third-order valence-electron chi connectivity index (χ3n) is 4.43. The van der Waals surface area contributed by atoms with Crippen LogP contribution in [0.15, 0.2) is 36.5 Å². The van der Waals surface area contributed by atoms with Crippen molar-refractivity contribution in [1.29, 1.82) is 0 Å². The van der Waals surface area contributed by atoms with Crippen LogP contribution in [0.25, 0.3) is 0 Å². The predicted molar refractivity (Wildman–Crippen MR) is 101 cm³/mol. The summed E-state index contributed by atoms with van der Waals surface area (Å²) in [4.78, 5) is 29.5. The summed E-state index contributed by atoms with van der Waals surface area (Å²) >= 11 is 0. The first kappa shape index (κ1) is 18.6. The number of hydrogen-bond donors (Lipinski definition) is 1. The summed E-state index contributed by atoms with van der Waals surface area (Å²) < 4.78 is 5.34. The molecule has 1 N–H and O–H groups in total. The first-order valence-electron chi connectivity index (χ1n) is 8.98. The molecule has 2 heterocycles. The number of nitrogens with one attached hydrogen (secondary N) is 1. The number of anilines is 1. The maximum absolute atomic E-state index is 12.4. The number of rotatable bonds is 7. The molecule has 0 saturated carbocycles. The summed E-state index contributed by atoms with van der Waals surface area (Å²) in [5.41, 5.74) is 1.64. The third kappa shape index (κ3) is 4.52. The standard InChI is InChI=1S/C19H22N4O4/c1-2-27-18-11-14(7-8-20-18)13-21-19(24)15-5-6-16(17(12-15)23(25)26)22-9-3-4-10-22/h5-8,11-12H,2-4,9-10,13H2,1H3,(H,21,24). The number of amides is 1. The van der Waals surface area contributed by atoms with Crippen molar-refractivity contribution >= 4 is 17.3 Å². The minimum absolute atomic E-state index is 0.0351. The molecular formula is C19H22N4O4. The highest BCUT2D eigenvalue weighted by Crippen LogP contribution is 2.31. The molecular weight excluding hydrogens is 348 g/mol. The second-order valence-corrected chi connectivity index (χ2v) is 6.27. The van der Waals surface area contributed by atoms with Crippen molar-refractivity contribution in [3.8, 4) is 5.88 Å². The van der Waals surface area contributed by atoms with Gasteiger partial charge in [-0.2, -0.15) is 0 Å². The number of ether oxygens (including phenoxy) is 1. The number of aromatic nitrogens is 1. The van der Waals surface area contributed by atoms with E-state index in [2.05, 4.69) is 10.3 Å². The first-order valence-corrected chi connectivity index (χ1v) is 8.98. The van der Waals surface area contributed by atoms with Gasteiger partial charge >= 0.3 is 0 Å². The maximum Gasteiger partial charge on any atom is 0.293 e.